The molecule has 0 saturated carbocycles. The number of alkyl halides is 1. The van der Waals surface area contributed by atoms with Crippen LogP contribution in [0.25, 0.3) is 10.9 Å². The number of pyridine rings is 1. The number of fused-ring (bicyclic) bond motifs is 1. The lowest BCUT2D eigenvalue weighted by Crippen LogP contribution is -2.48. The van der Waals surface area contributed by atoms with E-state index in [0.29, 0.717) is 30.6 Å². The number of likely N-dealkylation sites (tertiary alicyclic amines) is 1. The van der Waals surface area contributed by atoms with Crippen LogP contribution in [0, 0.1) is 0 Å². The van der Waals surface area contributed by atoms with Crippen LogP contribution >= 0.6 is 22.6 Å². The van der Waals surface area contributed by atoms with E-state index in [1.807, 2.05) is 18.3 Å². The highest BCUT2D eigenvalue weighted by Crippen LogP contribution is 2.29. The Morgan fingerprint density at radius 3 is 2.76 bits per heavy atom. The van der Waals surface area contributed by atoms with Crippen LogP contribution in [0.4, 0.5) is 0 Å². The van der Waals surface area contributed by atoms with Crippen molar-refractivity contribution in [3.05, 3.63) is 66.5 Å². The third-order valence-electron chi connectivity index (χ3n) is 8.39. The monoisotopic (exact) mass is 684 g/mol. The van der Waals surface area contributed by atoms with Crippen molar-refractivity contribution < 1.29 is 14.2 Å². The largest absolute Gasteiger partial charge is 0.473 e. The highest BCUT2D eigenvalue weighted by molar-refractivity contribution is 14.1. The third-order valence-corrected chi connectivity index (χ3v) is 8.67. The van der Waals surface area contributed by atoms with Gasteiger partial charge >= 0.3 is 0 Å². The van der Waals surface area contributed by atoms with E-state index in [1.54, 1.807) is 0 Å². The summed E-state index contributed by atoms with van der Waals surface area (Å²) in [5.41, 5.74) is 3.36. The second-order valence-corrected chi connectivity index (χ2v) is 13.3. The zero-order valence-electron chi connectivity index (χ0n) is 24.4. The maximum atomic E-state index is 6.18. The minimum absolute atomic E-state index is 0.220. The Labute approximate surface area is 262 Å². The highest BCUT2D eigenvalue weighted by Gasteiger charge is 2.27. The topological polar surface area (TPSA) is 77.2 Å². The zero-order chi connectivity index (χ0) is 28.9. The van der Waals surface area contributed by atoms with Gasteiger partial charge in [-0.3, -0.25) is 14.6 Å². The fourth-order valence-corrected chi connectivity index (χ4v) is 6.18. The van der Waals surface area contributed by atoms with E-state index in [4.69, 9.17) is 24.2 Å². The minimum atomic E-state index is 0.220. The van der Waals surface area contributed by atoms with Crippen LogP contribution in [-0.2, 0) is 16.1 Å². The van der Waals surface area contributed by atoms with Crippen LogP contribution in [0.2, 0.25) is 0 Å². The van der Waals surface area contributed by atoms with E-state index in [-0.39, 0.29) is 4.05 Å². The number of nitrogens with zero attached hydrogens (tertiary/aromatic N) is 6. The first kappa shape index (κ1) is 29.5. The Bertz CT molecular complexity index is 1380. The summed E-state index contributed by atoms with van der Waals surface area (Å²) in [7, 11) is 0. The number of aromatic nitrogens is 3. The molecule has 10 heteroatoms. The lowest BCUT2D eigenvalue weighted by Gasteiger charge is -2.37. The molecule has 0 bridgehead atoms. The van der Waals surface area contributed by atoms with Crippen molar-refractivity contribution in [1.82, 2.24) is 24.6 Å². The Kier molecular flexibility index (Phi) is 9.73. The Morgan fingerprint density at radius 2 is 2.07 bits per heavy atom. The predicted octanol–water partition coefficient (Wildman–Crippen LogP) is 5.22. The number of aliphatic imine (C=N–C) groups is 1. The van der Waals surface area contributed by atoms with Gasteiger partial charge in [-0.05, 0) is 57.0 Å². The summed E-state index contributed by atoms with van der Waals surface area (Å²) >= 11 is 2.39. The molecule has 1 aromatic carbocycles. The molecule has 0 amide bonds. The second-order valence-electron chi connectivity index (χ2n) is 11.5. The molecule has 3 aliphatic rings. The molecule has 42 heavy (non-hydrogen) atoms. The van der Waals surface area contributed by atoms with Gasteiger partial charge in [-0.2, -0.15) is 5.10 Å². The molecule has 3 aliphatic heterocycles. The fourth-order valence-electron chi connectivity index (χ4n) is 5.85. The smallest absolute Gasteiger partial charge is 0.213 e. The number of amidine groups is 1. The summed E-state index contributed by atoms with van der Waals surface area (Å²) < 4.78 is 19.6. The second kappa shape index (κ2) is 13.8. The Morgan fingerprint density at radius 1 is 1.24 bits per heavy atom. The fraction of sp³-hybridized carbons (Fsp3) is 0.531. The van der Waals surface area contributed by atoms with Crippen LogP contribution in [0.15, 0.2) is 60.2 Å². The van der Waals surface area contributed by atoms with Crippen molar-refractivity contribution in [3.8, 4) is 5.88 Å². The van der Waals surface area contributed by atoms with Gasteiger partial charge in [-0.15, -0.1) is 6.58 Å². The van der Waals surface area contributed by atoms with Gasteiger partial charge in [0.2, 0.25) is 5.88 Å². The van der Waals surface area contributed by atoms with E-state index in [2.05, 4.69) is 86.0 Å². The predicted molar refractivity (Wildman–Crippen MR) is 174 cm³/mol. The van der Waals surface area contributed by atoms with Gasteiger partial charge in [-0.1, -0.05) is 46.9 Å². The molecule has 2 atom stereocenters. The number of benzene rings is 1. The summed E-state index contributed by atoms with van der Waals surface area (Å²) in [5.74, 6) is 2.25. The van der Waals surface area contributed by atoms with Gasteiger partial charge in [0.25, 0.3) is 0 Å². The van der Waals surface area contributed by atoms with Crippen LogP contribution in [-0.4, -0.2) is 93.1 Å². The van der Waals surface area contributed by atoms with Gasteiger partial charge in [0.15, 0.2) is 0 Å². The van der Waals surface area contributed by atoms with Crippen LogP contribution in [0.5, 0.6) is 5.88 Å². The maximum absolute atomic E-state index is 6.18. The molecule has 6 rings (SSSR count). The maximum Gasteiger partial charge on any atom is 0.213 e. The highest BCUT2D eigenvalue weighted by atomic mass is 127. The van der Waals surface area contributed by atoms with Crippen molar-refractivity contribution in [2.45, 2.75) is 54.9 Å². The molecule has 0 aliphatic carbocycles. The van der Waals surface area contributed by atoms with E-state index in [0.717, 1.165) is 99.8 Å². The third kappa shape index (κ3) is 7.15. The van der Waals surface area contributed by atoms with E-state index in [1.165, 1.54) is 0 Å². The summed E-state index contributed by atoms with van der Waals surface area (Å²) in [6.07, 6.45) is 7.47. The first-order valence-corrected chi connectivity index (χ1v) is 16.3. The van der Waals surface area contributed by atoms with Crippen LogP contribution < -0.4 is 4.74 Å². The zero-order valence-corrected chi connectivity index (χ0v) is 26.6. The van der Waals surface area contributed by atoms with Crippen LogP contribution in [0.3, 0.4) is 0 Å². The van der Waals surface area contributed by atoms with Crippen molar-refractivity contribution in [3.63, 3.8) is 0 Å². The van der Waals surface area contributed by atoms with E-state index < -0.39 is 0 Å². The van der Waals surface area contributed by atoms with Gasteiger partial charge < -0.3 is 19.1 Å². The van der Waals surface area contributed by atoms with E-state index in [9.17, 15) is 0 Å². The first-order chi connectivity index (χ1) is 20.6. The average molecular weight is 685 g/mol. The van der Waals surface area contributed by atoms with Gasteiger partial charge in [0, 0.05) is 42.8 Å². The Balaban J connectivity index is 1.04. The molecule has 2 aromatic heterocycles. The lowest BCUT2D eigenvalue weighted by molar-refractivity contribution is -0.0583. The molecule has 9 nitrogen and oxygen atoms in total. The molecule has 0 radical (unpaired) electrons. The quantitative estimate of drug-likeness (QED) is 0.0648. The van der Waals surface area contributed by atoms with Crippen molar-refractivity contribution in [2.75, 3.05) is 52.5 Å². The molecule has 3 aromatic rings. The number of hydrogen-bond acceptors (Lipinski definition) is 7. The molecule has 1 unspecified atom stereocenters. The molecular formula is C32H41IN6O3. The van der Waals surface area contributed by atoms with Gasteiger partial charge in [0.1, 0.15) is 16.5 Å². The normalized spacial score (nSPS) is 21.1. The molecule has 0 N–H and O–H groups in total. The first-order valence-electron chi connectivity index (χ1n) is 15.1. The molecule has 5 heterocycles. The Hall–Kier alpha value is -2.54. The van der Waals surface area contributed by atoms with Gasteiger partial charge in [0.05, 0.1) is 43.6 Å². The number of piperidine rings is 1. The lowest BCUT2D eigenvalue weighted by atomic mass is 9.93. The van der Waals surface area contributed by atoms with E-state index >= 15 is 0 Å². The molecular weight excluding hydrogens is 643 g/mol. The molecule has 224 valence electrons. The average Bonchev–Trinajstić information content (AvgIpc) is 3.35. The summed E-state index contributed by atoms with van der Waals surface area (Å²) in [4.78, 5) is 14.8. The standard InChI is InChI=1S/C32H41IN6O3/c1-3-12-38(18-28-11-15-41-28)31(35-23(2)33)19-37-13-9-25(10-14-37)29-5-4-6-32(36-29)42-20-24-7-8-26-17-34-39(30(26)16-24)27-21-40-22-27/h3-8,16-17,23,25,27-28H,1,9-15,18-22H2,2H3/b35-31-/t23?,28-/m0/s1. The molecule has 3 saturated heterocycles. The van der Waals surface area contributed by atoms with Crippen LogP contribution in [0.1, 0.15) is 49.4 Å². The molecule has 0 spiro atoms. The number of ether oxygens (including phenoxy) is 3. The summed E-state index contributed by atoms with van der Waals surface area (Å²) in [6.45, 7) is 13.5. The van der Waals surface area contributed by atoms with Crippen molar-refractivity contribution >= 4 is 39.3 Å². The molecule has 3 fully saturated rings. The number of hydrogen-bond donors (Lipinski definition) is 0. The van der Waals surface area contributed by atoms with Crippen molar-refractivity contribution in [1.29, 1.82) is 0 Å². The van der Waals surface area contributed by atoms with Crippen molar-refractivity contribution in [2.24, 2.45) is 4.99 Å². The summed E-state index contributed by atoms with van der Waals surface area (Å²) in [6, 6.07) is 12.9. The summed E-state index contributed by atoms with van der Waals surface area (Å²) in [5, 5.41) is 5.71. The number of halogens is 1. The van der Waals surface area contributed by atoms with Gasteiger partial charge in [-0.25, -0.2) is 4.98 Å². The number of rotatable bonds is 12. The SMILES string of the molecule is C=CCN(C[C@@H]1CCO1)/C(CN1CCC(c2cccc(OCc3ccc4cnn(C5COC5)c4c3)n2)CC1)=N\C(C)I. The minimum Gasteiger partial charge on any atom is -0.473 e.